The predicted octanol–water partition coefficient (Wildman–Crippen LogP) is 4.31. The van der Waals surface area contributed by atoms with Gasteiger partial charge in [-0.3, -0.25) is 9.59 Å². The first-order chi connectivity index (χ1) is 12.5. The number of carbonyl (C=O) groups excluding carboxylic acids is 2. The largest absolute Gasteiger partial charge is 0.465 e. The fraction of sp³-hybridized carbons (Fsp3) is 0.167. The van der Waals surface area contributed by atoms with Gasteiger partial charge in [-0.05, 0) is 37.3 Å². The Bertz CT molecular complexity index is 1060. The first-order valence-electron chi connectivity index (χ1n) is 7.77. The number of rotatable bonds is 4. The van der Waals surface area contributed by atoms with Crippen molar-refractivity contribution >= 4 is 56.6 Å². The highest BCUT2D eigenvalue weighted by molar-refractivity contribution is 7.16. The molecule has 1 heterocycles. The standard InChI is InChI=1S/C18H14Cl2N2O3S/c1-2-25-16(23)10-22-14-5-3-4-6-15(14)26-18(22)21-17(24)12-8-7-11(19)9-13(12)20/h3-9H,2,10H2,1H3. The van der Waals surface area contributed by atoms with E-state index < -0.39 is 11.9 Å². The van der Waals surface area contributed by atoms with E-state index in [0.29, 0.717) is 9.82 Å². The van der Waals surface area contributed by atoms with E-state index in [1.165, 1.54) is 23.5 Å². The minimum absolute atomic E-state index is 0.0294. The molecule has 26 heavy (non-hydrogen) atoms. The van der Waals surface area contributed by atoms with E-state index in [0.717, 1.165) is 10.2 Å². The Morgan fingerprint density at radius 2 is 1.96 bits per heavy atom. The molecule has 0 fully saturated rings. The Hall–Kier alpha value is -2.15. The number of hydrogen-bond acceptors (Lipinski definition) is 4. The maximum atomic E-state index is 12.6. The van der Waals surface area contributed by atoms with Gasteiger partial charge in [0.05, 0.1) is 27.4 Å². The second-order valence-electron chi connectivity index (χ2n) is 5.28. The number of amides is 1. The molecule has 5 nitrogen and oxygen atoms in total. The van der Waals surface area contributed by atoms with Gasteiger partial charge in [0, 0.05) is 5.02 Å². The molecule has 0 spiro atoms. The van der Waals surface area contributed by atoms with Crippen molar-refractivity contribution in [2.75, 3.05) is 6.61 Å². The number of hydrogen-bond donors (Lipinski definition) is 0. The number of aromatic nitrogens is 1. The van der Waals surface area contributed by atoms with Crippen LogP contribution in [0.25, 0.3) is 10.2 Å². The number of ether oxygens (including phenoxy) is 1. The number of carbonyl (C=O) groups is 2. The van der Waals surface area contributed by atoms with Crippen molar-refractivity contribution in [3.8, 4) is 0 Å². The maximum Gasteiger partial charge on any atom is 0.326 e. The van der Waals surface area contributed by atoms with Crippen LogP contribution >= 0.6 is 34.5 Å². The van der Waals surface area contributed by atoms with E-state index in [2.05, 4.69) is 4.99 Å². The second-order valence-corrected chi connectivity index (χ2v) is 7.14. The third-order valence-corrected chi connectivity index (χ3v) is 5.15. The molecular weight excluding hydrogens is 395 g/mol. The molecule has 0 atom stereocenters. The van der Waals surface area contributed by atoms with Crippen molar-refractivity contribution in [2.24, 2.45) is 4.99 Å². The third kappa shape index (κ3) is 3.98. The Balaban J connectivity index is 2.09. The molecule has 134 valence electrons. The number of nitrogens with zero attached hydrogens (tertiary/aromatic N) is 2. The van der Waals surface area contributed by atoms with Gasteiger partial charge >= 0.3 is 5.97 Å². The highest BCUT2D eigenvalue weighted by Crippen LogP contribution is 2.22. The van der Waals surface area contributed by atoms with E-state index in [9.17, 15) is 9.59 Å². The van der Waals surface area contributed by atoms with Crippen LogP contribution in [0.3, 0.4) is 0 Å². The van der Waals surface area contributed by atoms with Crippen LogP contribution in [0.5, 0.6) is 0 Å². The molecule has 1 aromatic heterocycles. The van der Waals surface area contributed by atoms with Crippen molar-refractivity contribution in [1.29, 1.82) is 0 Å². The van der Waals surface area contributed by atoms with E-state index >= 15 is 0 Å². The zero-order valence-corrected chi connectivity index (χ0v) is 16.1. The number of halogens is 2. The summed E-state index contributed by atoms with van der Waals surface area (Å²) in [5.41, 5.74) is 1.05. The summed E-state index contributed by atoms with van der Waals surface area (Å²) >= 11 is 13.3. The summed E-state index contributed by atoms with van der Waals surface area (Å²) in [4.78, 5) is 29.1. The second kappa shape index (κ2) is 8.03. The van der Waals surface area contributed by atoms with E-state index in [-0.39, 0.29) is 23.7 Å². The Labute approximate surface area is 163 Å². The van der Waals surface area contributed by atoms with Crippen LogP contribution in [0.1, 0.15) is 17.3 Å². The maximum absolute atomic E-state index is 12.6. The van der Waals surface area contributed by atoms with Crippen LogP contribution in [0.4, 0.5) is 0 Å². The Morgan fingerprint density at radius 1 is 1.19 bits per heavy atom. The fourth-order valence-corrected chi connectivity index (χ4v) is 3.92. The molecule has 3 aromatic rings. The average Bonchev–Trinajstić information content (AvgIpc) is 2.92. The van der Waals surface area contributed by atoms with E-state index in [1.807, 2.05) is 24.3 Å². The summed E-state index contributed by atoms with van der Waals surface area (Å²) in [7, 11) is 0. The fourth-order valence-electron chi connectivity index (χ4n) is 2.40. The summed E-state index contributed by atoms with van der Waals surface area (Å²) in [6, 6.07) is 12.1. The van der Waals surface area contributed by atoms with Gasteiger partial charge in [-0.25, -0.2) is 0 Å². The molecule has 0 radical (unpaired) electrons. The highest BCUT2D eigenvalue weighted by atomic mass is 35.5. The molecule has 3 rings (SSSR count). The molecule has 0 saturated heterocycles. The predicted molar refractivity (Wildman–Crippen MR) is 103 cm³/mol. The summed E-state index contributed by atoms with van der Waals surface area (Å²) in [6.07, 6.45) is 0. The summed E-state index contributed by atoms with van der Waals surface area (Å²) in [6.45, 7) is 2.00. The molecule has 0 N–H and O–H groups in total. The van der Waals surface area contributed by atoms with Gasteiger partial charge in [0.1, 0.15) is 6.54 Å². The third-order valence-electron chi connectivity index (χ3n) is 3.54. The molecule has 8 heteroatoms. The molecule has 2 aromatic carbocycles. The zero-order valence-electron chi connectivity index (χ0n) is 13.7. The Morgan fingerprint density at radius 3 is 2.69 bits per heavy atom. The highest BCUT2D eigenvalue weighted by Gasteiger charge is 2.14. The van der Waals surface area contributed by atoms with Crippen LogP contribution in [0, 0.1) is 0 Å². The van der Waals surface area contributed by atoms with E-state index in [4.69, 9.17) is 27.9 Å². The molecule has 0 bridgehead atoms. The van der Waals surface area contributed by atoms with Crippen molar-refractivity contribution in [3.05, 3.63) is 62.9 Å². The van der Waals surface area contributed by atoms with Crippen LogP contribution in [-0.4, -0.2) is 23.1 Å². The van der Waals surface area contributed by atoms with Gasteiger partial charge in [0.25, 0.3) is 5.91 Å². The molecule has 0 aliphatic rings. The smallest absolute Gasteiger partial charge is 0.326 e. The quantitative estimate of drug-likeness (QED) is 0.604. The minimum Gasteiger partial charge on any atom is -0.465 e. The first kappa shape index (κ1) is 18.6. The average molecular weight is 409 g/mol. The normalized spacial score (nSPS) is 11.7. The first-order valence-corrected chi connectivity index (χ1v) is 9.35. The van der Waals surface area contributed by atoms with Gasteiger partial charge in [0.15, 0.2) is 4.80 Å². The monoisotopic (exact) mass is 408 g/mol. The lowest BCUT2D eigenvalue weighted by Gasteiger charge is -2.05. The van der Waals surface area contributed by atoms with Crippen molar-refractivity contribution < 1.29 is 14.3 Å². The summed E-state index contributed by atoms with van der Waals surface area (Å²) in [5, 5.41) is 0.662. The number of fused-ring (bicyclic) bond motifs is 1. The van der Waals surface area contributed by atoms with Gasteiger partial charge in [-0.15, -0.1) is 0 Å². The van der Waals surface area contributed by atoms with Crippen LogP contribution in [0.2, 0.25) is 10.0 Å². The molecule has 0 aliphatic heterocycles. The molecular formula is C18H14Cl2N2O3S. The molecule has 1 amide bonds. The van der Waals surface area contributed by atoms with Crippen LogP contribution in [0.15, 0.2) is 47.5 Å². The van der Waals surface area contributed by atoms with Crippen LogP contribution < -0.4 is 4.80 Å². The molecule has 0 unspecified atom stereocenters. The van der Waals surface area contributed by atoms with E-state index in [1.54, 1.807) is 17.6 Å². The van der Waals surface area contributed by atoms with Gasteiger partial charge in [-0.2, -0.15) is 4.99 Å². The number of benzene rings is 2. The summed E-state index contributed by atoms with van der Waals surface area (Å²) in [5.74, 6) is -0.898. The van der Waals surface area contributed by atoms with Crippen molar-refractivity contribution in [1.82, 2.24) is 4.57 Å². The summed E-state index contributed by atoms with van der Waals surface area (Å²) < 4.78 is 7.60. The lowest BCUT2D eigenvalue weighted by atomic mass is 10.2. The molecule has 0 aliphatic carbocycles. The molecule has 0 saturated carbocycles. The lowest BCUT2D eigenvalue weighted by molar-refractivity contribution is -0.143. The van der Waals surface area contributed by atoms with Gasteiger partial charge in [-0.1, -0.05) is 46.7 Å². The van der Waals surface area contributed by atoms with Gasteiger partial charge < -0.3 is 9.30 Å². The lowest BCUT2D eigenvalue weighted by Crippen LogP contribution is -2.23. The number of thiazole rings is 1. The van der Waals surface area contributed by atoms with Crippen molar-refractivity contribution in [2.45, 2.75) is 13.5 Å². The van der Waals surface area contributed by atoms with Crippen LogP contribution in [-0.2, 0) is 16.1 Å². The zero-order chi connectivity index (χ0) is 18.7. The Kier molecular flexibility index (Phi) is 5.76. The number of esters is 1. The number of para-hydroxylation sites is 1. The van der Waals surface area contributed by atoms with Crippen molar-refractivity contribution in [3.63, 3.8) is 0 Å². The van der Waals surface area contributed by atoms with Gasteiger partial charge in [0.2, 0.25) is 0 Å². The topological polar surface area (TPSA) is 60.7 Å². The SMILES string of the molecule is CCOC(=O)Cn1c(=NC(=O)c2ccc(Cl)cc2Cl)sc2ccccc21. The minimum atomic E-state index is -0.504.